The Bertz CT molecular complexity index is 271. The van der Waals surface area contributed by atoms with E-state index in [0.717, 1.165) is 25.0 Å². The molecule has 78 valence electrons. The highest BCUT2D eigenvalue weighted by atomic mass is 32.2. The van der Waals surface area contributed by atoms with Crippen molar-refractivity contribution in [3.63, 3.8) is 0 Å². The van der Waals surface area contributed by atoms with Gasteiger partial charge in [0.15, 0.2) is 0 Å². The molecule has 0 saturated heterocycles. The zero-order valence-corrected chi connectivity index (χ0v) is 8.76. The first-order valence-corrected chi connectivity index (χ1v) is 5.54. The highest BCUT2D eigenvalue weighted by Gasteiger charge is 2.41. The minimum Gasteiger partial charge on any atom is -0.478 e. The van der Waals surface area contributed by atoms with Crippen molar-refractivity contribution in [2.75, 3.05) is 12.8 Å². The smallest absolute Gasteiger partial charge is 0.328 e. The lowest BCUT2D eigenvalue weighted by Crippen LogP contribution is -2.30. The number of thioether (sulfide) groups is 1. The number of carboxylic acid groups (broad SMARTS) is 1. The molecule has 0 radical (unpaired) electrons. The number of hydrogen-bond donors (Lipinski definition) is 2. The van der Waals surface area contributed by atoms with E-state index < -0.39 is 5.97 Å². The lowest BCUT2D eigenvalue weighted by molar-refractivity contribution is -0.131. The van der Waals surface area contributed by atoms with E-state index in [0.29, 0.717) is 6.54 Å². The summed E-state index contributed by atoms with van der Waals surface area (Å²) in [6.45, 7) is 0.622. The van der Waals surface area contributed by atoms with Crippen molar-refractivity contribution in [2.45, 2.75) is 17.6 Å². The fourth-order valence-corrected chi connectivity index (χ4v) is 1.77. The summed E-state index contributed by atoms with van der Waals surface area (Å²) in [6.07, 6.45) is 6.15. The SMILES string of the molecule is CSC1(CNC(=O)/C=C/C(=O)O)CC1. The van der Waals surface area contributed by atoms with E-state index in [1.54, 1.807) is 11.8 Å². The second-order valence-corrected chi connectivity index (χ2v) is 4.55. The van der Waals surface area contributed by atoms with Crippen LogP contribution in [0.1, 0.15) is 12.8 Å². The van der Waals surface area contributed by atoms with E-state index in [4.69, 9.17) is 5.11 Å². The van der Waals surface area contributed by atoms with Gasteiger partial charge in [-0.2, -0.15) is 11.8 Å². The van der Waals surface area contributed by atoms with Gasteiger partial charge in [0, 0.05) is 23.4 Å². The van der Waals surface area contributed by atoms with Gasteiger partial charge in [-0.1, -0.05) is 0 Å². The number of rotatable bonds is 5. The second-order valence-electron chi connectivity index (χ2n) is 3.28. The average Bonchev–Trinajstić information content (AvgIpc) is 2.92. The monoisotopic (exact) mass is 215 g/mol. The van der Waals surface area contributed by atoms with Crippen LogP contribution in [0.5, 0.6) is 0 Å². The predicted molar refractivity (Wildman–Crippen MR) is 55.3 cm³/mol. The molecule has 14 heavy (non-hydrogen) atoms. The van der Waals surface area contributed by atoms with Crippen LogP contribution < -0.4 is 5.32 Å². The van der Waals surface area contributed by atoms with Crippen molar-refractivity contribution in [3.05, 3.63) is 12.2 Å². The minimum atomic E-state index is -1.11. The summed E-state index contributed by atoms with van der Waals surface area (Å²) >= 11 is 1.75. The van der Waals surface area contributed by atoms with Crippen LogP contribution in [0.2, 0.25) is 0 Å². The number of hydrogen-bond acceptors (Lipinski definition) is 3. The van der Waals surface area contributed by atoms with Gasteiger partial charge in [0.2, 0.25) is 5.91 Å². The van der Waals surface area contributed by atoms with Crippen LogP contribution in [0.25, 0.3) is 0 Å². The molecule has 0 aromatic heterocycles. The molecule has 0 heterocycles. The van der Waals surface area contributed by atoms with Gasteiger partial charge >= 0.3 is 5.97 Å². The normalized spacial score (nSPS) is 18.1. The van der Waals surface area contributed by atoms with Crippen LogP contribution in [0.15, 0.2) is 12.2 Å². The quantitative estimate of drug-likeness (QED) is 0.660. The minimum absolute atomic E-state index is 0.215. The second kappa shape index (κ2) is 4.50. The molecule has 0 aromatic rings. The maximum absolute atomic E-state index is 11.1. The summed E-state index contributed by atoms with van der Waals surface area (Å²) in [5.74, 6) is -1.45. The molecule has 1 aliphatic rings. The van der Waals surface area contributed by atoms with Gasteiger partial charge < -0.3 is 10.4 Å². The topological polar surface area (TPSA) is 66.4 Å². The van der Waals surface area contributed by atoms with Gasteiger partial charge in [-0.25, -0.2) is 4.79 Å². The highest BCUT2D eigenvalue weighted by Crippen LogP contribution is 2.46. The summed E-state index contributed by atoms with van der Waals surface area (Å²) in [7, 11) is 0. The Morgan fingerprint density at radius 3 is 2.57 bits per heavy atom. The van der Waals surface area contributed by atoms with Gasteiger partial charge in [0.1, 0.15) is 0 Å². The lowest BCUT2D eigenvalue weighted by Gasteiger charge is -2.11. The number of carbonyl (C=O) groups is 2. The fraction of sp³-hybridized carbons (Fsp3) is 0.556. The summed E-state index contributed by atoms with van der Waals surface area (Å²) in [4.78, 5) is 21.2. The zero-order valence-electron chi connectivity index (χ0n) is 7.95. The first kappa shape index (κ1) is 11.1. The Kier molecular flexibility index (Phi) is 3.57. The van der Waals surface area contributed by atoms with Gasteiger partial charge in [0.05, 0.1) is 0 Å². The molecule has 0 spiro atoms. The number of carbonyl (C=O) groups excluding carboxylic acids is 1. The third-order valence-corrected chi connectivity index (χ3v) is 3.62. The van der Waals surface area contributed by atoms with Crippen molar-refractivity contribution in [1.82, 2.24) is 5.32 Å². The number of nitrogens with one attached hydrogen (secondary N) is 1. The van der Waals surface area contributed by atoms with Crippen molar-refractivity contribution in [3.8, 4) is 0 Å². The van der Waals surface area contributed by atoms with E-state index in [1.807, 2.05) is 6.26 Å². The average molecular weight is 215 g/mol. The van der Waals surface area contributed by atoms with Crippen LogP contribution >= 0.6 is 11.8 Å². The Morgan fingerprint density at radius 1 is 1.50 bits per heavy atom. The molecule has 2 N–H and O–H groups in total. The Balaban J connectivity index is 2.25. The van der Waals surface area contributed by atoms with Crippen molar-refractivity contribution >= 4 is 23.6 Å². The van der Waals surface area contributed by atoms with Gasteiger partial charge in [0.25, 0.3) is 0 Å². The molecule has 0 atom stereocenters. The van der Waals surface area contributed by atoms with Crippen molar-refractivity contribution in [2.24, 2.45) is 0 Å². The zero-order chi connectivity index (χ0) is 10.6. The lowest BCUT2D eigenvalue weighted by atomic mass is 10.4. The molecule has 5 heteroatoms. The first-order valence-electron chi connectivity index (χ1n) is 4.32. The van der Waals surface area contributed by atoms with Crippen LogP contribution in [-0.2, 0) is 9.59 Å². The maximum atomic E-state index is 11.1. The third kappa shape index (κ3) is 3.41. The fourth-order valence-electron chi connectivity index (χ4n) is 1.05. The van der Waals surface area contributed by atoms with E-state index in [1.165, 1.54) is 0 Å². The molecule has 0 aliphatic heterocycles. The standard InChI is InChI=1S/C9H13NO3S/c1-14-9(4-5-9)6-10-7(11)2-3-8(12)13/h2-3H,4-6H2,1H3,(H,10,11)(H,12,13)/b3-2+. The Hall–Kier alpha value is -0.970. The van der Waals surface area contributed by atoms with E-state index in [9.17, 15) is 9.59 Å². The molecule has 4 nitrogen and oxygen atoms in total. The molecule has 1 saturated carbocycles. The van der Waals surface area contributed by atoms with E-state index in [2.05, 4.69) is 5.32 Å². The molecular weight excluding hydrogens is 202 g/mol. The first-order chi connectivity index (χ1) is 6.58. The van der Waals surface area contributed by atoms with Gasteiger partial charge in [-0.15, -0.1) is 0 Å². The maximum Gasteiger partial charge on any atom is 0.328 e. The third-order valence-electron chi connectivity index (χ3n) is 2.20. The highest BCUT2D eigenvalue weighted by molar-refractivity contribution is 8.00. The van der Waals surface area contributed by atoms with Crippen LogP contribution in [0, 0.1) is 0 Å². The van der Waals surface area contributed by atoms with E-state index >= 15 is 0 Å². The molecule has 1 aliphatic carbocycles. The van der Waals surface area contributed by atoms with Crippen molar-refractivity contribution in [1.29, 1.82) is 0 Å². The number of amides is 1. The van der Waals surface area contributed by atoms with Crippen LogP contribution in [0.3, 0.4) is 0 Å². The Labute approximate surface area is 86.8 Å². The summed E-state index contributed by atoms with van der Waals surface area (Å²) in [6, 6.07) is 0. The van der Waals surface area contributed by atoms with Crippen LogP contribution in [-0.4, -0.2) is 34.5 Å². The number of carboxylic acids is 1. The molecule has 0 unspecified atom stereocenters. The van der Waals surface area contributed by atoms with Gasteiger partial charge in [-0.05, 0) is 19.1 Å². The summed E-state index contributed by atoms with van der Waals surface area (Å²) in [5, 5.41) is 11.0. The number of aliphatic carboxylic acids is 1. The van der Waals surface area contributed by atoms with Crippen LogP contribution in [0.4, 0.5) is 0 Å². The largest absolute Gasteiger partial charge is 0.478 e. The van der Waals surface area contributed by atoms with Crippen molar-refractivity contribution < 1.29 is 14.7 Å². The van der Waals surface area contributed by atoms with Gasteiger partial charge in [-0.3, -0.25) is 4.79 Å². The molecule has 0 bridgehead atoms. The molecule has 1 fully saturated rings. The summed E-state index contributed by atoms with van der Waals surface area (Å²) in [5.41, 5.74) is 0. The molecule has 1 amide bonds. The molecular formula is C9H13NO3S. The predicted octanol–water partition coefficient (Wildman–Crippen LogP) is 0.639. The Morgan fingerprint density at radius 2 is 2.14 bits per heavy atom. The molecule has 0 aromatic carbocycles. The molecule has 1 rings (SSSR count). The summed E-state index contributed by atoms with van der Waals surface area (Å²) < 4.78 is 0.215. The van der Waals surface area contributed by atoms with E-state index in [-0.39, 0.29) is 10.7 Å².